The van der Waals surface area contributed by atoms with Crippen LogP contribution in [0, 0.1) is 17.6 Å². The van der Waals surface area contributed by atoms with Crippen LogP contribution in [0.1, 0.15) is 31.3 Å². The van der Waals surface area contributed by atoms with Crippen molar-refractivity contribution in [1.29, 1.82) is 0 Å². The molecule has 150 valence electrons. The van der Waals surface area contributed by atoms with Gasteiger partial charge in [0, 0.05) is 6.07 Å². The van der Waals surface area contributed by atoms with Crippen molar-refractivity contribution in [2.24, 2.45) is 5.92 Å². The van der Waals surface area contributed by atoms with Crippen LogP contribution in [0.25, 0.3) is 0 Å². The van der Waals surface area contributed by atoms with Gasteiger partial charge in [-0.05, 0) is 37.1 Å². The molecule has 0 saturated carbocycles. The Balaban J connectivity index is 2.00. The molecule has 2 atom stereocenters. The highest BCUT2D eigenvalue weighted by Gasteiger charge is 2.30. The summed E-state index contributed by atoms with van der Waals surface area (Å²) < 4.78 is 36.9. The lowest BCUT2D eigenvalue weighted by atomic mass is 10.0. The van der Waals surface area contributed by atoms with Crippen LogP contribution in [0.15, 0.2) is 41.0 Å². The Morgan fingerprint density at radius 3 is 2.43 bits per heavy atom. The number of hydrogen-bond donors (Lipinski definition) is 2. The summed E-state index contributed by atoms with van der Waals surface area (Å²) in [7, 11) is 0. The number of ether oxygens (including phenoxy) is 1. The van der Waals surface area contributed by atoms with Crippen LogP contribution in [0.5, 0.6) is 0 Å². The standard InChI is InChI=1S/C19H20F2N2O5/c1-10(2)16(23-18(25)15-5-4-8-27-15)19(26)28-11(3)17(24)22-14-9-12(20)6-7-13(14)21/h4-11,16H,1-3H3,(H,22,24)(H,23,25)/t11-,16-/m0/s1. The highest BCUT2D eigenvalue weighted by atomic mass is 19.1. The number of amides is 2. The fraction of sp³-hybridized carbons (Fsp3) is 0.316. The van der Waals surface area contributed by atoms with Gasteiger partial charge in [-0.25, -0.2) is 13.6 Å². The van der Waals surface area contributed by atoms with Crippen LogP contribution < -0.4 is 10.6 Å². The second-order valence-electron chi connectivity index (χ2n) is 6.36. The molecule has 2 aromatic rings. The highest BCUT2D eigenvalue weighted by Crippen LogP contribution is 2.16. The summed E-state index contributed by atoms with van der Waals surface area (Å²) in [6, 6.07) is 4.49. The number of anilines is 1. The molecule has 0 aliphatic carbocycles. The van der Waals surface area contributed by atoms with E-state index in [1.54, 1.807) is 13.8 Å². The fourth-order valence-electron chi connectivity index (χ4n) is 2.25. The molecule has 0 saturated heterocycles. The summed E-state index contributed by atoms with van der Waals surface area (Å²) in [4.78, 5) is 36.6. The molecule has 9 heteroatoms. The molecule has 2 amide bonds. The van der Waals surface area contributed by atoms with Crippen LogP contribution in [0.4, 0.5) is 14.5 Å². The number of carbonyl (C=O) groups is 3. The Morgan fingerprint density at radius 1 is 1.11 bits per heavy atom. The quantitative estimate of drug-likeness (QED) is 0.704. The van der Waals surface area contributed by atoms with Crippen molar-refractivity contribution in [2.45, 2.75) is 32.9 Å². The van der Waals surface area contributed by atoms with E-state index < -0.39 is 41.6 Å². The molecule has 28 heavy (non-hydrogen) atoms. The minimum absolute atomic E-state index is 0.0193. The number of carbonyl (C=O) groups excluding carboxylic acids is 3. The predicted molar refractivity (Wildman–Crippen MR) is 95.3 cm³/mol. The van der Waals surface area contributed by atoms with E-state index in [1.807, 2.05) is 0 Å². The molecular formula is C19H20F2N2O5. The first kappa shape index (κ1) is 21.1. The third-order valence-corrected chi connectivity index (χ3v) is 3.80. The van der Waals surface area contributed by atoms with E-state index in [-0.39, 0.29) is 17.4 Å². The maximum atomic E-state index is 13.6. The van der Waals surface area contributed by atoms with Gasteiger partial charge in [-0.1, -0.05) is 13.8 Å². The van der Waals surface area contributed by atoms with Gasteiger partial charge in [-0.2, -0.15) is 0 Å². The average Bonchev–Trinajstić information content (AvgIpc) is 3.16. The first-order valence-corrected chi connectivity index (χ1v) is 8.49. The zero-order valence-corrected chi connectivity index (χ0v) is 15.5. The normalized spacial score (nSPS) is 12.9. The maximum Gasteiger partial charge on any atom is 0.329 e. The lowest BCUT2D eigenvalue weighted by molar-refractivity contribution is -0.156. The van der Waals surface area contributed by atoms with E-state index in [0.29, 0.717) is 0 Å². The second kappa shape index (κ2) is 9.12. The van der Waals surface area contributed by atoms with Crippen LogP contribution in [0.2, 0.25) is 0 Å². The molecule has 1 aromatic carbocycles. The third kappa shape index (κ3) is 5.38. The minimum atomic E-state index is -1.31. The van der Waals surface area contributed by atoms with Crippen molar-refractivity contribution in [3.05, 3.63) is 54.0 Å². The summed E-state index contributed by atoms with van der Waals surface area (Å²) in [6.07, 6.45) is 0.00666. The Hall–Kier alpha value is -3.23. The van der Waals surface area contributed by atoms with Crippen molar-refractivity contribution >= 4 is 23.5 Å². The van der Waals surface area contributed by atoms with E-state index in [4.69, 9.17) is 9.15 Å². The Labute approximate surface area is 160 Å². The van der Waals surface area contributed by atoms with E-state index in [9.17, 15) is 23.2 Å². The number of rotatable bonds is 7. The van der Waals surface area contributed by atoms with Crippen LogP contribution >= 0.6 is 0 Å². The summed E-state index contributed by atoms with van der Waals surface area (Å²) in [5.41, 5.74) is -0.376. The van der Waals surface area contributed by atoms with Crippen molar-refractivity contribution in [3.8, 4) is 0 Å². The van der Waals surface area contributed by atoms with E-state index in [0.717, 1.165) is 18.2 Å². The van der Waals surface area contributed by atoms with Crippen molar-refractivity contribution in [3.63, 3.8) is 0 Å². The molecule has 0 unspecified atom stereocenters. The van der Waals surface area contributed by atoms with Gasteiger partial charge in [0.2, 0.25) is 0 Å². The molecule has 0 aliphatic rings. The first-order valence-electron chi connectivity index (χ1n) is 8.49. The molecule has 7 nitrogen and oxygen atoms in total. The topological polar surface area (TPSA) is 97.6 Å². The number of furan rings is 1. The van der Waals surface area contributed by atoms with E-state index in [1.165, 1.54) is 25.3 Å². The fourth-order valence-corrected chi connectivity index (χ4v) is 2.25. The van der Waals surface area contributed by atoms with Gasteiger partial charge in [0.05, 0.1) is 12.0 Å². The van der Waals surface area contributed by atoms with E-state index >= 15 is 0 Å². The molecule has 0 radical (unpaired) electrons. The summed E-state index contributed by atoms with van der Waals surface area (Å²) in [5, 5.41) is 4.63. The van der Waals surface area contributed by atoms with Crippen molar-refractivity contribution in [2.75, 3.05) is 5.32 Å². The molecule has 0 spiro atoms. The molecular weight excluding hydrogens is 374 g/mol. The molecule has 0 aliphatic heterocycles. The Bertz CT molecular complexity index is 852. The molecule has 2 rings (SSSR count). The van der Waals surface area contributed by atoms with Crippen molar-refractivity contribution < 1.29 is 32.3 Å². The molecule has 2 N–H and O–H groups in total. The predicted octanol–water partition coefficient (Wildman–Crippen LogP) is 2.88. The number of benzene rings is 1. The average molecular weight is 394 g/mol. The minimum Gasteiger partial charge on any atom is -0.459 e. The highest BCUT2D eigenvalue weighted by molar-refractivity contribution is 5.97. The molecule has 1 aromatic heterocycles. The van der Waals surface area contributed by atoms with Gasteiger partial charge in [-0.15, -0.1) is 0 Å². The van der Waals surface area contributed by atoms with Gasteiger partial charge in [0.15, 0.2) is 11.9 Å². The zero-order valence-electron chi connectivity index (χ0n) is 15.5. The lowest BCUT2D eigenvalue weighted by Gasteiger charge is -2.22. The van der Waals surface area contributed by atoms with Gasteiger partial charge in [-0.3, -0.25) is 9.59 Å². The van der Waals surface area contributed by atoms with Crippen LogP contribution in [-0.2, 0) is 14.3 Å². The van der Waals surface area contributed by atoms with Crippen LogP contribution in [0.3, 0.4) is 0 Å². The SMILES string of the molecule is CC(C)[C@H](NC(=O)c1ccco1)C(=O)O[C@@H](C)C(=O)Nc1cc(F)ccc1F. The third-order valence-electron chi connectivity index (χ3n) is 3.80. The molecule has 0 bridgehead atoms. The smallest absolute Gasteiger partial charge is 0.329 e. The van der Waals surface area contributed by atoms with Gasteiger partial charge in [0.1, 0.15) is 17.7 Å². The number of hydrogen-bond acceptors (Lipinski definition) is 5. The second-order valence-corrected chi connectivity index (χ2v) is 6.36. The number of halogens is 2. The van der Waals surface area contributed by atoms with Gasteiger partial charge >= 0.3 is 5.97 Å². The largest absolute Gasteiger partial charge is 0.459 e. The lowest BCUT2D eigenvalue weighted by Crippen LogP contribution is -2.47. The summed E-state index contributed by atoms with van der Waals surface area (Å²) in [6.45, 7) is 4.64. The maximum absolute atomic E-state index is 13.6. The number of esters is 1. The van der Waals surface area contributed by atoms with Crippen LogP contribution in [-0.4, -0.2) is 29.9 Å². The van der Waals surface area contributed by atoms with Crippen molar-refractivity contribution in [1.82, 2.24) is 5.32 Å². The summed E-state index contributed by atoms with van der Waals surface area (Å²) >= 11 is 0. The molecule has 0 fully saturated rings. The summed E-state index contributed by atoms with van der Waals surface area (Å²) in [5.74, 6) is -4.20. The van der Waals surface area contributed by atoms with Gasteiger partial charge < -0.3 is 19.8 Å². The first-order chi connectivity index (χ1) is 13.2. The Kier molecular flexibility index (Phi) is 6.86. The van der Waals surface area contributed by atoms with Gasteiger partial charge in [0.25, 0.3) is 11.8 Å². The molecule has 1 heterocycles. The zero-order chi connectivity index (χ0) is 20.8. The van der Waals surface area contributed by atoms with E-state index in [2.05, 4.69) is 10.6 Å². The monoisotopic (exact) mass is 394 g/mol. The Morgan fingerprint density at radius 2 is 1.82 bits per heavy atom. The number of nitrogens with one attached hydrogen (secondary N) is 2.